The highest BCUT2D eigenvalue weighted by atomic mass is 32.2. The van der Waals surface area contributed by atoms with Gasteiger partial charge in [-0.3, -0.25) is 4.79 Å². The maximum absolute atomic E-state index is 13.8. The zero-order valence-electron chi connectivity index (χ0n) is 34.2. The molecule has 1 saturated heterocycles. The van der Waals surface area contributed by atoms with E-state index in [1.807, 2.05) is 6.92 Å². The Bertz CT molecular complexity index is 1680. The van der Waals surface area contributed by atoms with Crippen molar-refractivity contribution in [2.75, 3.05) is 26.4 Å². The molecule has 2 heterocycles. The Hall–Kier alpha value is -1.86. The standard InChI is InChI=1S/C41H69N5O6S/c1-11-20-45-53(49,50)35-43-25-44-46(35)30-21-41-24-51-22-37(8,33(30)52-23-40(42,12-2)13-3)31(41)15-14-28-29(41)16-17-39(10)32(34(47)48)36(7,27(6)26(4)5)18-19-38(28,39)9/h16,25-28,30-33,45H,11-15,17-24,42H2,1-10H3,(H,47,48)/t27-,28+,30-,31+,32-,33+,36-,37-,38-,39+,41+/m1/s1. The van der Waals surface area contributed by atoms with Crippen LogP contribution in [0.1, 0.15) is 133 Å². The molecule has 0 aromatic carbocycles. The molecule has 4 N–H and O–H groups in total. The van der Waals surface area contributed by atoms with Crippen LogP contribution in [0.25, 0.3) is 0 Å². The van der Waals surface area contributed by atoms with Crippen molar-refractivity contribution >= 4 is 16.0 Å². The largest absolute Gasteiger partial charge is 0.481 e. The highest BCUT2D eigenvalue weighted by Gasteiger charge is 2.72. The van der Waals surface area contributed by atoms with Gasteiger partial charge < -0.3 is 20.3 Å². The number of carbonyl (C=O) groups is 1. The molecule has 1 aromatic rings. The van der Waals surface area contributed by atoms with Gasteiger partial charge in [0.05, 0.1) is 37.9 Å². The monoisotopic (exact) mass is 759 g/mol. The summed E-state index contributed by atoms with van der Waals surface area (Å²) in [5, 5.41) is 15.7. The number of rotatable bonds is 13. The van der Waals surface area contributed by atoms with Gasteiger partial charge in [0.1, 0.15) is 6.33 Å². The molecule has 300 valence electrons. The van der Waals surface area contributed by atoms with Crippen molar-refractivity contribution in [3.8, 4) is 0 Å². The Morgan fingerprint density at radius 2 is 1.81 bits per heavy atom. The van der Waals surface area contributed by atoms with E-state index in [2.05, 4.69) is 83.2 Å². The van der Waals surface area contributed by atoms with Gasteiger partial charge in [-0.15, -0.1) is 0 Å². The fourth-order valence-corrected chi connectivity index (χ4v) is 14.0. The topological polar surface area (TPSA) is 159 Å². The van der Waals surface area contributed by atoms with E-state index in [1.165, 1.54) is 11.9 Å². The first-order valence-corrected chi connectivity index (χ1v) is 22.0. The number of allylic oxidation sites excluding steroid dienone is 1. The second-order valence-electron chi connectivity index (χ2n) is 19.3. The summed E-state index contributed by atoms with van der Waals surface area (Å²) in [6.45, 7) is 23.7. The zero-order valence-corrected chi connectivity index (χ0v) is 35.0. The maximum Gasteiger partial charge on any atom is 0.307 e. The Morgan fingerprint density at radius 1 is 1.11 bits per heavy atom. The van der Waals surface area contributed by atoms with Gasteiger partial charge in [-0.1, -0.05) is 80.9 Å². The molecule has 1 aromatic heterocycles. The number of aliphatic carboxylic acids is 1. The van der Waals surface area contributed by atoms with Crippen molar-refractivity contribution in [1.82, 2.24) is 19.5 Å². The summed E-state index contributed by atoms with van der Waals surface area (Å²) in [5.74, 6) is -0.0915. The smallest absolute Gasteiger partial charge is 0.307 e. The Morgan fingerprint density at radius 3 is 2.43 bits per heavy atom. The molecule has 6 rings (SSSR count). The van der Waals surface area contributed by atoms with E-state index in [9.17, 15) is 18.3 Å². The first kappa shape index (κ1) is 40.8. The number of hydrogen-bond donors (Lipinski definition) is 3. The number of sulfonamides is 1. The number of fused-ring (bicyclic) bond motifs is 3. The van der Waals surface area contributed by atoms with Gasteiger partial charge in [0.2, 0.25) is 0 Å². The number of nitrogens with zero attached hydrogens (tertiary/aromatic N) is 3. The zero-order chi connectivity index (χ0) is 39.0. The summed E-state index contributed by atoms with van der Waals surface area (Å²) >= 11 is 0. The highest BCUT2D eigenvalue weighted by Crippen LogP contribution is 2.75. The molecule has 3 saturated carbocycles. The molecule has 12 heteroatoms. The molecule has 1 aliphatic heterocycles. The Labute approximate surface area is 319 Å². The van der Waals surface area contributed by atoms with Gasteiger partial charge in [0.15, 0.2) is 0 Å². The highest BCUT2D eigenvalue weighted by molar-refractivity contribution is 7.89. The number of aromatic nitrogens is 3. The lowest BCUT2D eigenvalue weighted by molar-refractivity contribution is -0.253. The van der Waals surface area contributed by atoms with Gasteiger partial charge >= 0.3 is 5.97 Å². The van der Waals surface area contributed by atoms with E-state index in [0.29, 0.717) is 51.5 Å². The third-order valence-electron chi connectivity index (χ3n) is 16.7. The number of ether oxygens (including phenoxy) is 2. The molecule has 4 aliphatic carbocycles. The molecule has 0 amide bonds. The van der Waals surface area contributed by atoms with Crippen LogP contribution >= 0.6 is 0 Å². The van der Waals surface area contributed by atoms with Crippen LogP contribution in [0.3, 0.4) is 0 Å². The van der Waals surface area contributed by atoms with E-state index in [4.69, 9.17) is 15.2 Å². The molecule has 11 nitrogen and oxygen atoms in total. The summed E-state index contributed by atoms with van der Waals surface area (Å²) in [6.07, 6.45) is 10.6. The van der Waals surface area contributed by atoms with Crippen molar-refractivity contribution in [3.63, 3.8) is 0 Å². The maximum atomic E-state index is 13.8. The van der Waals surface area contributed by atoms with Crippen LogP contribution < -0.4 is 10.5 Å². The lowest BCUT2D eigenvalue weighted by Crippen LogP contribution is -2.69. The number of nitrogens with one attached hydrogen (secondary N) is 1. The van der Waals surface area contributed by atoms with Gasteiger partial charge in [-0.2, -0.15) is 5.10 Å². The third-order valence-corrected chi connectivity index (χ3v) is 18.0. The lowest BCUT2D eigenvalue weighted by Gasteiger charge is -2.71. The average Bonchev–Trinajstić information content (AvgIpc) is 3.61. The lowest BCUT2D eigenvalue weighted by atomic mass is 9.34. The average molecular weight is 760 g/mol. The summed E-state index contributed by atoms with van der Waals surface area (Å²) in [7, 11) is -3.95. The number of carboxylic acids is 1. The van der Waals surface area contributed by atoms with Crippen LogP contribution in [0.15, 0.2) is 23.1 Å². The molecule has 53 heavy (non-hydrogen) atoms. The summed E-state index contributed by atoms with van der Waals surface area (Å²) in [5.41, 5.74) is 5.86. The fraction of sp³-hybridized carbons (Fsp3) is 0.878. The van der Waals surface area contributed by atoms with E-state index in [0.717, 1.165) is 38.5 Å². The molecule has 4 fully saturated rings. The minimum atomic E-state index is -3.95. The minimum Gasteiger partial charge on any atom is -0.481 e. The van der Waals surface area contributed by atoms with E-state index >= 15 is 0 Å². The van der Waals surface area contributed by atoms with Gasteiger partial charge in [-0.05, 0) is 97.7 Å². The van der Waals surface area contributed by atoms with E-state index in [-0.39, 0.29) is 33.7 Å². The van der Waals surface area contributed by atoms with Crippen LogP contribution in [-0.2, 0) is 24.3 Å². The van der Waals surface area contributed by atoms with Gasteiger partial charge in [0, 0.05) is 22.9 Å². The molecule has 11 atom stereocenters. The van der Waals surface area contributed by atoms with Crippen LogP contribution in [0.4, 0.5) is 0 Å². The molecule has 0 unspecified atom stereocenters. The van der Waals surface area contributed by atoms with Crippen LogP contribution in [-0.4, -0.2) is 72.3 Å². The predicted octanol–water partition coefficient (Wildman–Crippen LogP) is 7.00. The third kappa shape index (κ3) is 6.00. The van der Waals surface area contributed by atoms with E-state index < -0.39 is 55.8 Å². The Kier molecular flexibility index (Phi) is 10.7. The second-order valence-corrected chi connectivity index (χ2v) is 21.0. The van der Waals surface area contributed by atoms with Crippen LogP contribution in [0, 0.1) is 56.7 Å². The molecule has 5 aliphatic rings. The van der Waals surface area contributed by atoms with Crippen LogP contribution in [0.5, 0.6) is 0 Å². The van der Waals surface area contributed by atoms with Crippen molar-refractivity contribution in [2.45, 2.75) is 150 Å². The van der Waals surface area contributed by atoms with E-state index in [1.54, 1.807) is 4.68 Å². The molecule has 0 spiro atoms. The van der Waals surface area contributed by atoms with Crippen molar-refractivity contribution in [3.05, 3.63) is 18.0 Å². The van der Waals surface area contributed by atoms with Crippen molar-refractivity contribution in [1.29, 1.82) is 0 Å². The summed E-state index contributed by atoms with van der Waals surface area (Å²) < 4.78 is 45.6. The minimum absolute atomic E-state index is 0.0911. The molecule has 2 bridgehead atoms. The molecular weight excluding hydrogens is 691 g/mol. The molecule has 0 radical (unpaired) electrons. The second kappa shape index (κ2) is 14.0. The normalized spacial score (nSPS) is 40.5. The predicted molar refractivity (Wildman–Crippen MR) is 205 cm³/mol. The Balaban J connectivity index is 1.49. The summed E-state index contributed by atoms with van der Waals surface area (Å²) in [4.78, 5) is 17.9. The number of carboxylic acid groups (broad SMARTS) is 1. The number of hydrogen-bond acceptors (Lipinski definition) is 8. The SMILES string of the molecule is CCCNS(=O)(=O)c1ncnn1[C@@H]1C[C@@]23COC[C@](C)([C@@H]2CC[C@H]2C3=CC[C@@]3(C)[C@H](C(=O)O)[C@@](C)([C@H](C)C(C)C)CC[C@]23C)[C@H]1OCC(N)(CC)CC. The van der Waals surface area contributed by atoms with Crippen molar-refractivity contribution in [2.24, 2.45) is 62.4 Å². The van der Waals surface area contributed by atoms with Gasteiger partial charge in [0.25, 0.3) is 15.2 Å². The van der Waals surface area contributed by atoms with Crippen molar-refractivity contribution < 1.29 is 27.8 Å². The number of nitrogens with two attached hydrogens (primary N) is 1. The quantitative estimate of drug-likeness (QED) is 0.180. The first-order valence-electron chi connectivity index (χ1n) is 20.6. The van der Waals surface area contributed by atoms with Gasteiger partial charge in [-0.25, -0.2) is 22.8 Å². The molecular formula is C41H69N5O6S. The fourth-order valence-electron chi connectivity index (χ4n) is 12.8. The summed E-state index contributed by atoms with van der Waals surface area (Å²) in [6, 6.07) is -0.442. The first-order chi connectivity index (χ1) is 24.7. The van der Waals surface area contributed by atoms with Crippen LogP contribution in [0.2, 0.25) is 0 Å².